The lowest BCUT2D eigenvalue weighted by Gasteiger charge is -2.26. The van der Waals surface area contributed by atoms with Crippen molar-refractivity contribution >= 4 is 17.9 Å². The zero-order chi connectivity index (χ0) is 20.3. The SMILES string of the molecule is CC(C)(C)OC(=O)N(CCCCNC(=O)CC(N)=O)OCc1ccccc1. The number of carbonyl (C=O) groups excluding carboxylic acids is 3. The number of benzene rings is 1. The Hall–Kier alpha value is -2.61. The minimum atomic E-state index is -0.669. The van der Waals surface area contributed by atoms with Gasteiger partial charge in [-0.3, -0.25) is 14.4 Å². The highest BCUT2D eigenvalue weighted by Gasteiger charge is 2.22. The number of nitrogens with two attached hydrogens (primary N) is 1. The molecule has 0 saturated heterocycles. The first-order valence-corrected chi connectivity index (χ1v) is 8.90. The Balaban J connectivity index is 2.46. The highest BCUT2D eigenvalue weighted by Crippen LogP contribution is 2.12. The van der Waals surface area contributed by atoms with Crippen LogP contribution in [0.25, 0.3) is 0 Å². The summed E-state index contributed by atoms with van der Waals surface area (Å²) in [6.45, 7) is 6.30. The van der Waals surface area contributed by atoms with E-state index in [4.69, 9.17) is 15.3 Å². The molecule has 1 aromatic carbocycles. The molecule has 0 fully saturated rings. The fraction of sp³-hybridized carbons (Fsp3) is 0.526. The van der Waals surface area contributed by atoms with Gasteiger partial charge in [0.05, 0.1) is 6.54 Å². The molecule has 8 heteroatoms. The highest BCUT2D eigenvalue weighted by atomic mass is 16.7. The van der Waals surface area contributed by atoms with E-state index >= 15 is 0 Å². The molecular weight excluding hydrogens is 350 g/mol. The van der Waals surface area contributed by atoms with E-state index in [1.807, 2.05) is 30.3 Å². The van der Waals surface area contributed by atoms with E-state index < -0.39 is 23.5 Å². The Labute approximate surface area is 159 Å². The largest absolute Gasteiger partial charge is 0.442 e. The van der Waals surface area contributed by atoms with E-state index in [0.29, 0.717) is 25.9 Å². The minimum absolute atomic E-state index is 0.245. The van der Waals surface area contributed by atoms with Gasteiger partial charge >= 0.3 is 6.09 Å². The second kappa shape index (κ2) is 11.2. The molecule has 0 aliphatic carbocycles. The molecule has 3 N–H and O–H groups in total. The van der Waals surface area contributed by atoms with Gasteiger partial charge in [-0.05, 0) is 39.2 Å². The summed E-state index contributed by atoms with van der Waals surface area (Å²) in [6, 6.07) is 9.50. The molecule has 0 aromatic heterocycles. The predicted molar refractivity (Wildman–Crippen MR) is 100 cm³/mol. The van der Waals surface area contributed by atoms with Gasteiger partial charge < -0.3 is 15.8 Å². The molecule has 8 nitrogen and oxygen atoms in total. The summed E-state index contributed by atoms with van der Waals surface area (Å²) in [5.41, 5.74) is 5.26. The number of amides is 3. The topological polar surface area (TPSA) is 111 Å². The Morgan fingerprint density at radius 2 is 1.78 bits per heavy atom. The summed E-state index contributed by atoms with van der Waals surface area (Å²) in [5, 5.41) is 3.80. The predicted octanol–water partition coefficient (Wildman–Crippen LogP) is 2.13. The second-order valence-electron chi connectivity index (χ2n) is 7.04. The number of unbranched alkanes of at least 4 members (excludes halogenated alkanes) is 1. The van der Waals surface area contributed by atoms with Crippen molar-refractivity contribution < 1.29 is 24.0 Å². The molecule has 1 rings (SSSR count). The molecule has 27 heavy (non-hydrogen) atoms. The number of hydroxylamine groups is 2. The average molecular weight is 379 g/mol. The highest BCUT2D eigenvalue weighted by molar-refractivity contribution is 5.95. The number of hydrogen-bond donors (Lipinski definition) is 2. The fourth-order valence-electron chi connectivity index (χ4n) is 2.08. The molecule has 3 amide bonds. The van der Waals surface area contributed by atoms with Crippen molar-refractivity contribution in [2.75, 3.05) is 13.1 Å². The first-order valence-electron chi connectivity index (χ1n) is 8.90. The lowest BCUT2D eigenvalue weighted by atomic mass is 10.2. The van der Waals surface area contributed by atoms with Crippen LogP contribution in [0.4, 0.5) is 4.79 Å². The number of hydrogen-bond acceptors (Lipinski definition) is 5. The average Bonchev–Trinajstić information content (AvgIpc) is 2.55. The Morgan fingerprint density at radius 1 is 1.11 bits per heavy atom. The van der Waals surface area contributed by atoms with Gasteiger partial charge in [-0.25, -0.2) is 4.79 Å². The summed E-state index contributed by atoms with van der Waals surface area (Å²) < 4.78 is 5.37. The molecule has 1 aromatic rings. The van der Waals surface area contributed by atoms with E-state index in [2.05, 4.69) is 5.32 Å². The number of ether oxygens (including phenoxy) is 1. The van der Waals surface area contributed by atoms with E-state index in [1.54, 1.807) is 20.8 Å². The van der Waals surface area contributed by atoms with Crippen LogP contribution >= 0.6 is 0 Å². The molecule has 0 spiro atoms. The van der Waals surface area contributed by atoms with Gasteiger partial charge in [0.15, 0.2) is 0 Å². The summed E-state index contributed by atoms with van der Waals surface area (Å²) in [7, 11) is 0. The van der Waals surface area contributed by atoms with Crippen LogP contribution in [-0.2, 0) is 25.8 Å². The van der Waals surface area contributed by atoms with Crippen molar-refractivity contribution in [2.24, 2.45) is 5.73 Å². The molecule has 150 valence electrons. The maximum Gasteiger partial charge on any atom is 0.434 e. The van der Waals surface area contributed by atoms with Gasteiger partial charge in [0.1, 0.15) is 18.6 Å². The zero-order valence-corrected chi connectivity index (χ0v) is 16.2. The standard InChI is InChI=1S/C19H29N3O5/c1-19(2,3)27-18(25)22(26-14-15-9-5-4-6-10-15)12-8-7-11-21-17(24)13-16(20)23/h4-6,9-10H,7-8,11-14H2,1-3H3,(H2,20,23)(H,21,24). The van der Waals surface area contributed by atoms with Crippen molar-refractivity contribution in [1.82, 2.24) is 10.4 Å². The van der Waals surface area contributed by atoms with Crippen molar-refractivity contribution in [3.8, 4) is 0 Å². The van der Waals surface area contributed by atoms with Gasteiger partial charge in [-0.2, -0.15) is 5.06 Å². The summed E-state index contributed by atoms with van der Waals surface area (Å²) in [6.07, 6.45) is 0.310. The van der Waals surface area contributed by atoms with Crippen molar-refractivity contribution in [3.05, 3.63) is 35.9 Å². The number of rotatable bonds is 10. The Morgan fingerprint density at radius 3 is 2.37 bits per heavy atom. The van der Waals surface area contributed by atoms with Gasteiger partial charge in [-0.1, -0.05) is 30.3 Å². The van der Waals surface area contributed by atoms with E-state index in [-0.39, 0.29) is 13.0 Å². The molecule has 0 aliphatic heterocycles. The summed E-state index contributed by atoms with van der Waals surface area (Å²) in [5.74, 6) is -1.08. The summed E-state index contributed by atoms with van der Waals surface area (Å²) >= 11 is 0. The molecule has 0 aliphatic rings. The lowest BCUT2D eigenvalue weighted by molar-refractivity contribution is -0.156. The van der Waals surface area contributed by atoms with Crippen molar-refractivity contribution in [1.29, 1.82) is 0 Å². The minimum Gasteiger partial charge on any atom is -0.442 e. The van der Waals surface area contributed by atoms with Crippen LogP contribution in [0, 0.1) is 0 Å². The molecular formula is C19H29N3O5. The quantitative estimate of drug-likeness (QED) is 0.367. The first-order chi connectivity index (χ1) is 12.7. The van der Waals surface area contributed by atoms with Crippen LogP contribution in [0.15, 0.2) is 30.3 Å². The van der Waals surface area contributed by atoms with Crippen LogP contribution in [-0.4, -0.2) is 41.7 Å². The summed E-state index contributed by atoms with van der Waals surface area (Å²) in [4.78, 5) is 40.0. The maximum atomic E-state index is 12.3. The number of nitrogens with zero attached hydrogens (tertiary/aromatic N) is 1. The third-order valence-corrected chi connectivity index (χ3v) is 3.27. The normalized spacial score (nSPS) is 10.9. The second-order valence-corrected chi connectivity index (χ2v) is 7.04. The van der Waals surface area contributed by atoms with Gasteiger partial charge in [0, 0.05) is 6.54 Å². The first kappa shape index (κ1) is 22.4. The number of carbonyl (C=O) groups is 3. The maximum absolute atomic E-state index is 12.3. The zero-order valence-electron chi connectivity index (χ0n) is 16.2. The van der Waals surface area contributed by atoms with Gasteiger partial charge in [-0.15, -0.1) is 0 Å². The monoisotopic (exact) mass is 379 g/mol. The van der Waals surface area contributed by atoms with Crippen LogP contribution in [0.1, 0.15) is 45.6 Å². The van der Waals surface area contributed by atoms with E-state index in [9.17, 15) is 14.4 Å². The van der Waals surface area contributed by atoms with Crippen molar-refractivity contribution in [2.45, 2.75) is 52.2 Å². The van der Waals surface area contributed by atoms with Crippen LogP contribution < -0.4 is 11.1 Å². The van der Waals surface area contributed by atoms with Gasteiger partial charge in [0.25, 0.3) is 0 Å². The molecule has 0 unspecified atom stereocenters. The van der Waals surface area contributed by atoms with Crippen LogP contribution in [0.3, 0.4) is 0 Å². The third-order valence-electron chi connectivity index (χ3n) is 3.27. The molecule has 0 bridgehead atoms. The molecule has 0 saturated carbocycles. The Kier molecular flexibility index (Phi) is 9.29. The van der Waals surface area contributed by atoms with E-state index in [1.165, 1.54) is 5.06 Å². The number of primary amides is 1. The van der Waals surface area contributed by atoms with Crippen molar-refractivity contribution in [3.63, 3.8) is 0 Å². The van der Waals surface area contributed by atoms with E-state index in [0.717, 1.165) is 5.56 Å². The molecule has 0 radical (unpaired) electrons. The molecule has 0 heterocycles. The third kappa shape index (κ3) is 10.9. The molecule has 0 atom stereocenters. The Bertz CT molecular complexity index is 614. The smallest absolute Gasteiger partial charge is 0.434 e. The van der Waals surface area contributed by atoms with Gasteiger partial charge in [0.2, 0.25) is 11.8 Å². The van der Waals surface area contributed by atoms with Crippen LogP contribution in [0.2, 0.25) is 0 Å². The van der Waals surface area contributed by atoms with Crippen LogP contribution in [0.5, 0.6) is 0 Å². The fourth-order valence-corrected chi connectivity index (χ4v) is 2.08. The lowest BCUT2D eigenvalue weighted by Crippen LogP contribution is -2.37. The number of nitrogens with one attached hydrogen (secondary N) is 1.